The third-order valence-corrected chi connectivity index (χ3v) is 4.52. The molecule has 0 aromatic rings. The molecule has 7 heteroatoms. The van der Waals surface area contributed by atoms with Crippen molar-refractivity contribution in [3.8, 4) is 0 Å². The van der Waals surface area contributed by atoms with E-state index >= 15 is 0 Å². The van der Waals surface area contributed by atoms with Crippen LogP contribution in [0.15, 0.2) is 0 Å². The Kier molecular flexibility index (Phi) is 21.4. The van der Waals surface area contributed by atoms with E-state index in [0.717, 1.165) is 12.8 Å². The molecule has 3 N–H and O–H groups in total. The van der Waals surface area contributed by atoms with Crippen molar-refractivity contribution in [2.24, 2.45) is 0 Å². The molecule has 0 rings (SSSR count). The number of unbranched alkanes of at least 4 members (excludes halogenated alkanes) is 12. The fraction of sp³-hybridized carbons (Fsp3) is 0.850. The molecule has 0 aliphatic heterocycles. The molecular weight excluding hydrogens is 357 g/mol. The summed E-state index contributed by atoms with van der Waals surface area (Å²) in [5.41, 5.74) is 0. The van der Waals surface area contributed by atoms with Gasteiger partial charge in [-0.25, -0.2) is 4.79 Å². The Labute approximate surface area is 186 Å². The summed E-state index contributed by atoms with van der Waals surface area (Å²) in [5.74, 6) is -2.94. The number of amides is 1. The summed E-state index contributed by atoms with van der Waals surface area (Å²) < 4.78 is 0. The third-order valence-electron chi connectivity index (χ3n) is 4.52. The van der Waals surface area contributed by atoms with Gasteiger partial charge >= 0.3 is 41.5 Å². The van der Waals surface area contributed by atoms with Gasteiger partial charge in [0.25, 0.3) is 0 Å². The topological polar surface area (TPSA) is 104 Å². The Morgan fingerprint density at radius 3 is 1.52 bits per heavy atom. The van der Waals surface area contributed by atoms with E-state index in [2.05, 4.69) is 12.2 Å². The predicted molar refractivity (Wildman–Crippen MR) is 109 cm³/mol. The van der Waals surface area contributed by atoms with Crippen molar-refractivity contribution in [1.82, 2.24) is 5.32 Å². The fourth-order valence-corrected chi connectivity index (χ4v) is 2.94. The number of hydrogen-bond donors (Lipinski definition) is 3. The summed E-state index contributed by atoms with van der Waals surface area (Å²) >= 11 is 0. The summed E-state index contributed by atoms with van der Waals surface area (Å²) in [7, 11) is 0. The minimum atomic E-state index is -1.35. The van der Waals surface area contributed by atoms with Crippen molar-refractivity contribution in [2.45, 2.75) is 109 Å². The summed E-state index contributed by atoms with van der Waals surface area (Å²) in [6.45, 7) is 2.23. The van der Waals surface area contributed by atoms with E-state index in [-0.39, 0.29) is 41.9 Å². The van der Waals surface area contributed by atoms with Crippen LogP contribution in [0.3, 0.4) is 0 Å². The van der Waals surface area contributed by atoms with Gasteiger partial charge in [0.05, 0.1) is 6.42 Å². The number of nitrogens with one attached hydrogen (secondary N) is 1. The van der Waals surface area contributed by atoms with Crippen LogP contribution < -0.4 is 5.32 Å². The van der Waals surface area contributed by atoms with Gasteiger partial charge < -0.3 is 15.5 Å². The van der Waals surface area contributed by atoms with E-state index in [4.69, 9.17) is 10.2 Å². The third kappa shape index (κ3) is 20.0. The number of aliphatic carboxylic acids is 2. The molecule has 0 fully saturated rings. The second-order valence-corrected chi connectivity index (χ2v) is 7.05. The number of carboxylic acid groups (broad SMARTS) is 2. The van der Waals surface area contributed by atoms with E-state index in [1.807, 2.05) is 0 Å². The molecule has 154 valence electrons. The van der Waals surface area contributed by atoms with Crippen molar-refractivity contribution in [3.63, 3.8) is 0 Å². The zero-order chi connectivity index (χ0) is 19.6. The Bertz CT molecular complexity index is 404. The SMILES string of the molecule is CCCCCCCCCCCCCCCC(=O)N[C@@H](CC(=O)O)C(=O)O.[NaH]. The quantitative estimate of drug-likeness (QED) is 0.241. The molecule has 27 heavy (non-hydrogen) atoms. The average Bonchev–Trinajstić information content (AvgIpc) is 2.58. The molecule has 0 unspecified atom stereocenters. The molecule has 0 aliphatic carbocycles. The molecule has 1 amide bonds. The molecule has 0 aromatic carbocycles. The number of rotatable bonds is 18. The van der Waals surface area contributed by atoms with E-state index in [0.29, 0.717) is 6.42 Å². The summed E-state index contributed by atoms with van der Waals surface area (Å²) in [5, 5.41) is 19.8. The molecule has 6 nitrogen and oxygen atoms in total. The standard InChI is InChI=1S/C20H37NO5.Na.H/c1-2-3-4-5-6-7-8-9-10-11-12-13-14-15-18(22)21-17(20(25)26)16-19(23)24;;/h17H,2-16H2,1H3,(H,21,22)(H,23,24)(H,25,26);;/t17-;;/m0../s1. The van der Waals surface area contributed by atoms with Crippen LogP contribution in [0, 0.1) is 0 Å². The van der Waals surface area contributed by atoms with Gasteiger partial charge in [0.15, 0.2) is 0 Å². The second-order valence-electron chi connectivity index (χ2n) is 7.05. The first kappa shape index (κ1) is 28.6. The van der Waals surface area contributed by atoms with Crippen LogP contribution in [-0.4, -0.2) is 63.7 Å². The van der Waals surface area contributed by atoms with Crippen molar-refractivity contribution >= 4 is 47.4 Å². The van der Waals surface area contributed by atoms with E-state index in [9.17, 15) is 14.4 Å². The minimum absolute atomic E-state index is 0. The van der Waals surface area contributed by atoms with Crippen LogP contribution in [-0.2, 0) is 14.4 Å². The fourth-order valence-electron chi connectivity index (χ4n) is 2.94. The molecule has 0 heterocycles. The van der Waals surface area contributed by atoms with Crippen LogP contribution in [0.1, 0.15) is 103 Å². The van der Waals surface area contributed by atoms with Gasteiger partial charge in [0.1, 0.15) is 6.04 Å². The van der Waals surface area contributed by atoms with E-state index in [1.54, 1.807) is 0 Å². The molecule has 0 aromatic heterocycles. The first-order valence-corrected chi connectivity index (χ1v) is 10.2. The molecule has 0 spiro atoms. The zero-order valence-corrected chi connectivity index (χ0v) is 16.3. The number of carboxylic acids is 2. The van der Waals surface area contributed by atoms with E-state index in [1.165, 1.54) is 64.2 Å². The Morgan fingerprint density at radius 2 is 1.15 bits per heavy atom. The Morgan fingerprint density at radius 1 is 0.741 bits per heavy atom. The average molecular weight is 396 g/mol. The molecular formula is C20H38NNaO5. The van der Waals surface area contributed by atoms with Gasteiger partial charge in [-0.2, -0.15) is 0 Å². The van der Waals surface area contributed by atoms with Gasteiger partial charge in [-0.05, 0) is 6.42 Å². The van der Waals surface area contributed by atoms with E-state index < -0.39 is 24.4 Å². The zero-order valence-electron chi connectivity index (χ0n) is 16.3. The van der Waals surface area contributed by atoms with Crippen molar-refractivity contribution in [1.29, 1.82) is 0 Å². The number of hydrogen-bond acceptors (Lipinski definition) is 3. The van der Waals surface area contributed by atoms with Gasteiger partial charge in [-0.15, -0.1) is 0 Å². The Hall–Kier alpha value is -0.590. The van der Waals surface area contributed by atoms with Crippen LogP contribution in [0.4, 0.5) is 0 Å². The van der Waals surface area contributed by atoms with Gasteiger partial charge in [0.2, 0.25) is 5.91 Å². The van der Waals surface area contributed by atoms with Crippen molar-refractivity contribution in [3.05, 3.63) is 0 Å². The maximum absolute atomic E-state index is 11.7. The molecule has 0 aliphatic rings. The summed E-state index contributed by atoms with van der Waals surface area (Å²) in [6, 6.07) is -1.35. The van der Waals surface area contributed by atoms with Crippen molar-refractivity contribution in [2.75, 3.05) is 0 Å². The molecule has 0 bridgehead atoms. The molecule has 0 saturated heterocycles. The van der Waals surface area contributed by atoms with Gasteiger partial charge in [0, 0.05) is 6.42 Å². The normalized spacial score (nSPS) is 11.4. The summed E-state index contributed by atoms with van der Waals surface area (Å²) in [6.07, 6.45) is 15.5. The summed E-state index contributed by atoms with van der Waals surface area (Å²) in [4.78, 5) is 33.1. The number of carbonyl (C=O) groups is 3. The van der Waals surface area contributed by atoms with Crippen LogP contribution >= 0.6 is 0 Å². The van der Waals surface area contributed by atoms with Crippen LogP contribution in [0.5, 0.6) is 0 Å². The number of carbonyl (C=O) groups excluding carboxylic acids is 1. The molecule has 1 atom stereocenters. The van der Waals surface area contributed by atoms with Gasteiger partial charge in [-0.1, -0.05) is 84.0 Å². The Balaban J connectivity index is 0. The van der Waals surface area contributed by atoms with Gasteiger partial charge in [-0.3, -0.25) is 9.59 Å². The second kappa shape index (κ2) is 20.2. The molecule has 0 radical (unpaired) electrons. The monoisotopic (exact) mass is 395 g/mol. The maximum atomic E-state index is 11.7. The first-order chi connectivity index (χ1) is 12.5. The van der Waals surface area contributed by atoms with Crippen LogP contribution in [0.2, 0.25) is 0 Å². The molecule has 0 saturated carbocycles. The van der Waals surface area contributed by atoms with Crippen LogP contribution in [0.25, 0.3) is 0 Å². The first-order valence-electron chi connectivity index (χ1n) is 10.2. The van der Waals surface area contributed by atoms with Crippen molar-refractivity contribution < 1.29 is 24.6 Å². The predicted octanol–water partition coefficient (Wildman–Crippen LogP) is 3.86.